The maximum absolute atomic E-state index is 13.2. The van der Waals surface area contributed by atoms with Crippen molar-refractivity contribution in [1.29, 1.82) is 0 Å². The molecule has 3 aromatic heterocycles. The van der Waals surface area contributed by atoms with E-state index in [0.29, 0.717) is 41.7 Å². The van der Waals surface area contributed by atoms with Crippen LogP contribution >= 0.6 is 0 Å². The number of hydrogen-bond acceptors (Lipinski definition) is 8. The molecule has 10 nitrogen and oxygen atoms in total. The summed E-state index contributed by atoms with van der Waals surface area (Å²) in [6.45, 7) is 3.10. The number of nitrogens with one attached hydrogen (secondary N) is 1. The Morgan fingerprint density at radius 2 is 1.97 bits per heavy atom. The van der Waals surface area contributed by atoms with Crippen molar-refractivity contribution in [3.8, 4) is 11.5 Å². The van der Waals surface area contributed by atoms with E-state index in [0.717, 1.165) is 36.2 Å². The van der Waals surface area contributed by atoms with Gasteiger partial charge in [0.15, 0.2) is 17.3 Å². The van der Waals surface area contributed by atoms with Crippen LogP contribution in [-0.2, 0) is 13.1 Å². The van der Waals surface area contributed by atoms with Crippen molar-refractivity contribution in [3.63, 3.8) is 0 Å². The van der Waals surface area contributed by atoms with Crippen molar-refractivity contribution in [2.75, 3.05) is 14.2 Å². The fraction of sp³-hybridized carbons (Fsp3) is 0.462. The number of rotatable bonds is 10. The summed E-state index contributed by atoms with van der Waals surface area (Å²) >= 11 is 0. The number of aromatic nitrogens is 5. The minimum atomic E-state index is -0.109. The van der Waals surface area contributed by atoms with Crippen molar-refractivity contribution in [2.45, 2.75) is 64.2 Å². The molecule has 4 aromatic rings. The molecule has 1 aliphatic rings. The molecule has 1 saturated carbocycles. The first-order valence-electron chi connectivity index (χ1n) is 12.4. The highest BCUT2D eigenvalue weighted by molar-refractivity contribution is 5.83. The van der Waals surface area contributed by atoms with Gasteiger partial charge in [0.2, 0.25) is 0 Å². The van der Waals surface area contributed by atoms with Gasteiger partial charge in [0, 0.05) is 29.6 Å². The standard InChI is InChI=1S/C26H32N6O4/c1-4-22(25-28-29-30-32(25)16-20-10-7-11-36-20)31(19-8-5-6-9-19)15-18-12-17-13-23(34-2)24(35-3)14-21(17)27-26(18)33/h7,10-14,19,22H,4-6,8-9,15-16H2,1-3H3,(H,27,33)/t22-/m0/s1. The number of tetrazole rings is 1. The Hall–Kier alpha value is -3.66. The maximum atomic E-state index is 13.2. The van der Waals surface area contributed by atoms with E-state index in [1.165, 1.54) is 12.8 Å². The van der Waals surface area contributed by atoms with Crippen LogP contribution in [0.4, 0.5) is 0 Å². The third-order valence-corrected chi connectivity index (χ3v) is 7.10. The van der Waals surface area contributed by atoms with E-state index >= 15 is 0 Å². The molecule has 5 rings (SSSR count). The van der Waals surface area contributed by atoms with Crippen molar-refractivity contribution in [3.05, 3.63) is 64.1 Å². The molecular formula is C26H32N6O4. The number of ether oxygens (including phenoxy) is 2. The Morgan fingerprint density at radius 3 is 2.67 bits per heavy atom. The summed E-state index contributed by atoms with van der Waals surface area (Å²) in [5, 5.41) is 13.5. The Morgan fingerprint density at radius 1 is 1.19 bits per heavy atom. The molecule has 0 radical (unpaired) electrons. The van der Waals surface area contributed by atoms with Gasteiger partial charge in [0.1, 0.15) is 12.3 Å². The summed E-state index contributed by atoms with van der Waals surface area (Å²) in [5.41, 5.74) is 1.30. The maximum Gasteiger partial charge on any atom is 0.252 e. The average Bonchev–Trinajstić information content (AvgIpc) is 3.68. The van der Waals surface area contributed by atoms with Crippen LogP contribution in [0.15, 0.2) is 45.8 Å². The number of H-pyrrole nitrogens is 1. The number of hydrogen-bond donors (Lipinski definition) is 1. The molecular weight excluding hydrogens is 460 g/mol. The summed E-state index contributed by atoms with van der Waals surface area (Å²) in [6, 6.07) is 9.73. The van der Waals surface area contributed by atoms with Crippen LogP contribution in [0.2, 0.25) is 0 Å². The van der Waals surface area contributed by atoms with Crippen LogP contribution < -0.4 is 15.0 Å². The zero-order chi connectivity index (χ0) is 25.1. The lowest BCUT2D eigenvalue weighted by Crippen LogP contribution is -2.39. The molecule has 36 heavy (non-hydrogen) atoms. The Kier molecular flexibility index (Phi) is 7.04. The zero-order valence-electron chi connectivity index (χ0n) is 20.9. The summed E-state index contributed by atoms with van der Waals surface area (Å²) in [6.07, 6.45) is 7.00. The number of nitrogens with zero attached hydrogens (tertiary/aromatic N) is 5. The van der Waals surface area contributed by atoms with E-state index in [2.05, 4.69) is 32.3 Å². The quantitative estimate of drug-likeness (QED) is 0.353. The van der Waals surface area contributed by atoms with Gasteiger partial charge in [-0.15, -0.1) is 5.10 Å². The van der Waals surface area contributed by atoms with E-state index < -0.39 is 0 Å². The summed E-state index contributed by atoms with van der Waals surface area (Å²) < 4.78 is 18.2. The molecule has 0 spiro atoms. The second kappa shape index (κ2) is 10.5. The number of furan rings is 1. The van der Waals surface area contributed by atoms with Crippen LogP contribution in [0.1, 0.15) is 62.2 Å². The third-order valence-electron chi connectivity index (χ3n) is 7.10. The number of pyridine rings is 1. The lowest BCUT2D eigenvalue weighted by atomic mass is 10.0. The first kappa shape index (κ1) is 24.1. The Bertz CT molecular complexity index is 1360. The molecule has 0 amide bonds. The minimum absolute atomic E-state index is 0.0430. The Labute approximate surface area is 209 Å². The number of benzene rings is 1. The predicted octanol–water partition coefficient (Wildman–Crippen LogP) is 4.07. The van der Waals surface area contributed by atoms with E-state index in [9.17, 15) is 4.79 Å². The van der Waals surface area contributed by atoms with E-state index in [1.807, 2.05) is 24.3 Å². The zero-order valence-corrected chi connectivity index (χ0v) is 20.9. The molecule has 190 valence electrons. The van der Waals surface area contributed by atoms with Gasteiger partial charge in [-0.1, -0.05) is 19.8 Å². The molecule has 0 unspecified atom stereocenters. The highest BCUT2D eigenvalue weighted by atomic mass is 16.5. The normalized spacial score (nSPS) is 15.1. The van der Waals surface area contributed by atoms with Crippen LogP contribution in [0.3, 0.4) is 0 Å². The number of methoxy groups -OCH3 is 2. The molecule has 1 aromatic carbocycles. The molecule has 10 heteroatoms. The predicted molar refractivity (Wildman–Crippen MR) is 134 cm³/mol. The van der Waals surface area contributed by atoms with Crippen LogP contribution in [0.5, 0.6) is 11.5 Å². The first-order valence-corrected chi connectivity index (χ1v) is 12.4. The third kappa shape index (κ3) is 4.73. The molecule has 1 N–H and O–H groups in total. The second-order valence-corrected chi connectivity index (χ2v) is 9.23. The summed E-state index contributed by atoms with van der Waals surface area (Å²) in [7, 11) is 3.19. The first-order chi connectivity index (χ1) is 17.6. The van der Waals surface area contributed by atoms with Crippen molar-refractivity contribution in [1.82, 2.24) is 30.1 Å². The van der Waals surface area contributed by atoms with Gasteiger partial charge in [-0.05, 0) is 54.0 Å². The molecule has 1 atom stereocenters. The lowest BCUT2D eigenvalue weighted by Gasteiger charge is -2.35. The molecule has 0 aliphatic heterocycles. The van der Waals surface area contributed by atoms with Crippen molar-refractivity contribution >= 4 is 10.9 Å². The van der Waals surface area contributed by atoms with Gasteiger partial charge in [0.25, 0.3) is 5.56 Å². The lowest BCUT2D eigenvalue weighted by molar-refractivity contribution is 0.112. The van der Waals surface area contributed by atoms with Crippen molar-refractivity contribution in [2.24, 2.45) is 0 Å². The van der Waals surface area contributed by atoms with Gasteiger partial charge >= 0.3 is 0 Å². The van der Waals surface area contributed by atoms with Crippen molar-refractivity contribution < 1.29 is 13.9 Å². The van der Waals surface area contributed by atoms with Gasteiger partial charge in [-0.2, -0.15) is 0 Å². The number of aromatic amines is 1. The van der Waals surface area contributed by atoms with Crippen LogP contribution in [0.25, 0.3) is 10.9 Å². The highest BCUT2D eigenvalue weighted by Gasteiger charge is 2.33. The number of fused-ring (bicyclic) bond motifs is 1. The summed E-state index contributed by atoms with van der Waals surface area (Å²) in [5.74, 6) is 2.78. The SMILES string of the molecule is CC[C@@H](c1nnnn1Cc1ccco1)N(Cc1cc2cc(OC)c(OC)cc2[nH]c1=O)C1CCCC1. The molecule has 1 aliphatic carbocycles. The molecule has 0 bridgehead atoms. The van der Waals surface area contributed by atoms with E-state index in [4.69, 9.17) is 13.9 Å². The van der Waals surface area contributed by atoms with Crippen LogP contribution in [-0.4, -0.2) is 50.4 Å². The molecule has 0 saturated heterocycles. The fourth-order valence-corrected chi connectivity index (χ4v) is 5.30. The minimum Gasteiger partial charge on any atom is -0.493 e. The Balaban J connectivity index is 1.51. The fourth-order valence-electron chi connectivity index (χ4n) is 5.30. The van der Waals surface area contributed by atoms with Gasteiger partial charge in [-0.3, -0.25) is 9.69 Å². The van der Waals surface area contributed by atoms with Crippen LogP contribution in [0, 0.1) is 0 Å². The smallest absolute Gasteiger partial charge is 0.252 e. The largest absolute Gasteiger partial charge is 0.493 e. The van der Waals surface area contributed by atoms with E-state index in [1.54, 1.807) is 31.2 Å². The van der Waals surface area contributed by atoms with Gasteiger partial charge < -0.3 is 18.9 Å². The van der Waals surface area contributed by atoms with Gasteiger partial charge in [0.05, 0.1) is 32.0 Å². The topological polar surface area (TPSA) is 111 Å². The molecule has 1 fully saturated rings. The highest BCUT2D eigenvalue weighted by Crippen LogP contribution is 2.35. The second-order valence-electron chi connectivity index (χ2n) is 9.23. The monoisotopic (exact) mass is 492 g/mol. The van der Waals surface area contributed by atoms with E-state index in [-0.39, 0.29) is 11.6 Å². The summed E-state index contributed by atoms with van der Waals surface area (Å²) in [4.78, 5) is 18.6. The molecule has 3 heterocycles. The van der Waals surface area contributed by atoms with Gasteiger partial charge in [-0.25, -0.2) is 4.68 Å². The average molecular weight is 493 g/mol.